The van der Waals surface area contributed by atoms with E-state index >= 15 is 0 Å². The van der Waals surface area contributed by atoms with Crippen LogP contribution in [0.4, 0.5) is 17.6 Å². The lowest BCUT2D eigenvalue weighted by atomic mass is 10.2. The van der Waals surface area contributed by atoms with Gasteiger partial charge in [0.1, 0.15) is 5.52 Å². The van der Waals surface area contributed by atoms with Gasteiger partial charge in [0, 0.05) is 38.3 Å². The third kappa shape index (κ3) is 3.78. The fraction of sp³-hybridized carbons (Fsp3) is 0.304. The van der Waals surface area contributed by atoms with Crippen LogP contribution in [0.3, 0.4) is 0 Å². The minimum absolute atomic E-state index is 0.110. The van der Waals surface area contributed by atoms with Gasteiger partial charge in [0.15, 0.2) is 23.0 Å². The van der Waals surface area contributed by atoms with Crippen LogP contribution < -0.4 is 10.2 Å². The minimum Gasteiger partial charge on any atom is -0.445 e. The maximum absolute atomic E-state index is 12.7. The Morgan fingerprint density at radius 1 is 1.03 bits per heavy atom. The number of furan rings is 1. The number of benzene rings is 1. The molecule has 0 spiro atoms. The van der Waals surface area contributed by atoms with Crippen LogP contribution >= 0.6 is 0 Å². The van der Waals surface area contributed by atoms with E-state index in [1.54, 1.807) is 11.0 Å². The predicted molar refractivity (Wildman–Crippen MR) is 123 cm³/mol. The van der Waals surface area contributed by atoms with Gasteiger partial charge in [-0.05, 0) is 12.0 Å². The first-order chi connectivity index (χ1) is 16.2. The van der Waals surface area contributed by atoms with Gasteiger partial charge in [-0.1, -0.05) is 30.3 Å². The number of hydrogen-bond acceptors (Lipinski definition) is 8. The summed E-state index contributed by atoms with van der Waals surface area (Å²) in [6.07, 6.45) is 1.02. The number of H-pyrrole nitrogens is 1. The van der Waals surface area contributed by atoms with Crippen molar-refractivity contribution in [3.63, 3.8) is 0 Å². The first kappa shape index (κ1) is 19.7. The predicted octanol–water partition coefficient (Wildman–Crippen LogP) is 3.04. The number of morpholine rings is 1. The second-order valence-electron chi connectivity index (χ2n) is 8.10. The molecule has 2 aliphatic heterocycles. The summed E-state index contributed by atoms with van der Waals surface area (Å²) in [6, 6.07) is 13.6. The van der Waals surface area contributed by atoms with Crippen LogP contribution in [0.1, 0.15) is 17.0 Å². The van der Waals surface area contributed by atoms with E-state index in [9.17, 15) is 4.79 Å². The molecule has 1 amide bonds. The zero-order chi connectivity index (χ0) is 22.2. The SMILES string of the molecule is O=C(c1cc2nc(Nc3cc(-c4ccccc4)[nH]n3)nc(N3CCOCC3)c2o1)N1CCC1. The first-order valence-corrected chi connectivity index (χ1v) is 11.1. The molecule has 2 fully saturated rings. The summed E-state index contributed by atoms with van der Waals surface area (Å²) in [5.41, 5.74) is 3.01. The zero-order valence-corrected chi connectivity index (χ0v) is 18.0. The Morgan fingerprint density at radius 2 is 1.85 bits per heavy atom. The highest BCUT2D eigenvalue weighted by molar-refractivity contribution is 5.98. The van der Waals surface area contributed by atoms with E-state index in [4.69, 9.17) is 14.1 Å². The monoisotopic (exact) mass is 445 g/mol. The number of carbonyl (C=O) groups excluding carboxylic acids is 1. The summed E-state index contributed by atoms with van der Waals surface area (Å²) in [7, 11) is 0. The van der Waals surface area contributed by atoms with Gasteiger partial charge in [-0.3, -0.25) is 9.89 Å². The van der Waals surface area contributed by atoms with Gasteiger partial charge in [0.25, 0.3) is 5.91 Å². The number of fused-ring (bicyclic) bond motifs is 1. The Kier molecular flexibility index (Phi) is 4.91. The molecule has 6 rings (SSSR count). The van der Waals surface area contributed by atoms with Gasteiger partial charge in [-0.2, -0.15) is 10.1 Å². The summed E-state index contributed by atoms with van der Waals surface area (Å²) in [5.74, 6) is 1.81. The number of rotatable bonds is 5. The van der Waals surface area contributed by atoms with Gasteiger partial charge in [0.2, 0.25) is 5.95 Å². The number of likely N-dealkylation sites (tertiary alicyclic amines) is 1. The zero-order valence-electron chi connectivity index (χ0n) is 18.0. The maximum Gasteiger partial charge on any atom is 0.289 e. The average Bonchev–Trinajstić information content (AvgIpc) is 3.46. The topological polar surface area (TPSA) is 112 Å². The lowest BCUT2D eigenvalue weighted by molar-refractivity contribution is 0.0621. The van der Waals surface area contributed by atoms with Crippen molar-refractivity contribution in [3.8, 4) is 11.3 Å². The molecule has 0 bridgehead atoms. The van der Waals surface area contributed by atoms with Gasteiger partial charge < -0.3 is 24.3 Å². The van der Waals surface area contributed by atoms with Crippen LogP contribution in [0.5, 0.6) is 0 Å². The lowest BCUT2D eigenvalue weighted by Gasteiger charge is -2.29. The number of amides is 1. The number of hydrogen-bond donors (Lipinski definition) is 2. The number of aromatic nitrogens is 4. The third-order valence-corrected chi connectivity index (χ3v) is 5.92. The smallest absolute Gasteiger partial charge is 0.289 e. The Bertz CT molecular complexity index is 1290. The van der Waals surface area contributed by atoms with E-state index in [0.29, 0.717) is 55.0 Å². The summed E-state index contributed by atoms with van der Waals surface area (Å²) < 4.78 is 11.5. The van der Waals surface area contributed by atoms with Crippen molar-refractivity contribution in [2.75, 3.05) is 49.6 Å². The van der Waals surface area contributed by atoms with E-state index in [1.807, 2.05) is 36.4 Å². The summed E-state index contributed by atoms with van der Waals surface area (Å²) in [5, 5.41) is 10.6. The molecule has 4 aromatic rings. The highest BCUT2D eigenvalue weighted by Gasteiger charge is 2.27. The third-order valence-electron chi connectivity index (χ3n) is 5.92. The van der Waals surface area contributed by atoms with E-state index in [1.165, 1.54) is 0 Å². The fourth-order valence-corrected chi connectivity index (χ4v) is 4.01. The van der Waals surface area contributed by atoms with Crippen LogP contribution in [0.2, 0.25) is 0 Å². The second-order valence-corrected chi connectivity index (χ2v) is 8.10. The van der Waals surface area contributed by atoms with E-state index in [2.05, 4.69) is 25.4 Å². The molecule has 0 unspecified atom stereocenters. The minimum atomic E-state index is -0.110. The Hall–Kier alpha value is -3.92. The fourth-order valence-electron chi connectivity index (χ4n) is 4.01. The van der Waals surface area contributed by atoms with Crippen LogP contribution in [0.15, 0.2) is 46.9 Å². The molecule has 5 heterocycles. The van der Waals surface area contributed by atoms with E-state index in [0.717, 1.165) is 30.8 Å². The van der Waals surface area contributed by atoms with Crippen molar-refractivity contribution >= 4 is 34.6 Å². The second kappa shape index (κ2) is 8.21. The van der Waals surface area contributed by atoms with Crippen molar-refractivity contribution in [1.29, 1.82) is 0 Å². The Labute approximate surface area is 189 Å². The van der Waals surface area contributed by atoms with Gasteiger partial charge in [-0.15, -0.1) is 0 Å². The van der Waals surface area contributed by atoms with Crippen molar-refractivity contribution in [2.24, 2.45) is 0 Å². The Morgan fingerprint density at radius 3 is 2.61 bits per heavy atom. The van der Waals surface area contributed by atoms with Crippen LogP contribution in [-0.4, -0.2) is 70.4 Å². The summed E-state index contributed by atoms with van der Waals surface area (Å²) >= 11 is 0. The highest BCUT2D eigenvalue weighted by Crippen LogP contribution is 2.31. The van der Waals surface area contributed by atoms with Crippen molar-refractivity contribution < 1.29 is 13.9 Å². The summed E-state index contributed by atoms with van der Waals surface area (Å²) in [6.45, 7) is 4.09. The number of ether oxygens (including phenoxy) is 1. The molecular formula is C23H23N7O3. The number of carbonyl (C=O) groups is 1. The summed E-state index contributed by atoms with van der Waals surface area (Å²) in [4.78, 5) is 25.9. The largest absolute Gasteiger partial charge is 0.445 e. The molecule has 3 aromatic heterocycles. The number of anilines is 3. The molecule has 1 aromatic carbocycles. The molecule has 2 N–H and O–H groups in total. The van der Waals surface area contributed by atoms with Crippen LogP contribution in [0, 0.1) is 0 Å². The number of nitrogens with one attached hydrogen (secondary N) is 2. The number of nitrogens with zero attached hydrogens (tertiary/aromatic N) is 5. The molecule has 0 saturated carbocycles. The first-order valence-electron chi connectivity index (χ1n) is 11.1. The van der Waals surface area contributed by atoms with E-state index < -0.39 is 0 Å². The standard InChI is InChI=1S/C23H23N7O3/c31-22(30-7-4-8-30)18-13-17-20(33-18)21(29-9-11-32-12-10-29)26-23(24-17)25-19-14-16(27-28-19)15-5-2-1-3-6-15/h1-3,5-6,13-14H,4,7-12H2,(H2,24,25,26,27,28). The Balaban J connectivity index is 1.35. The van der Waals surface area contributed by atoms with Gasteiger partial charge in [-0.25, -0.2) is 4.98 Å². The molecule has 33 heavy (non-hydrogen) atoms. The lowest BCUT2D eigenvalue weighted by Crippen LogP contribution is -2.41. The van der Waals surface area contributed by atoms with Crippen molar-refractivity contribution in [1.82, 2.24) is 25.1 Å². The molecule has 2 aliphatic rings. The van der Waals surface area contributed by atoms with Crippen LogP contribution in [-0.2, 0) is 4.74 Å². The number of aromatic amines is 1. The average molecular weight is 445 g/mol. The quantitative estimate of drug-likeness (QED) is 0.482. The maximum atomic E-state index is 12.7. The van der Waals surface area contributed by atoms with Crippen LogP contribution in [0.25, 0.3) is 22.4 Å². The molecule has 2 saturated heterocycles. The molecule has 168 valence electrons. The molecular weight excluding hydrogens is 422 g/mol. The van der Waals surface area contributed by atoms with Gasteiger partial charge >= 0.3 is 0 Å². The highest BCUT2D eigenvalue weighted by atomic mass is 16.5. The molecule has 10 heteroatoms. The molecule has 0 atom stereocenters. The molecule has 0 aliphatic carbocycles. The molecule has 0 radical (unpaired) electrons. The van der Waals surface area contributed by atoms with Gasteiger partial charge in [0.05, 0.1) is 18.9 Å². The van der Waals surface area contributed by atoms with Crippen molar-refractivity contribution in [3.05, 3.63) is 48.2 Å². The van der Waals surface area contributed by atoms with E-state index in [-0.39, 0.29) is 11.7 Å². The molecule has 10 nitrogen and oxygen atoms in total. The van der Waals surface area contributed by atoms with Crippen molar-refractivity contribution in [2.45, 2.75) is 6.42 Å². The normalized spacial score (nSPS) is 16.1.